The maximum Gasteiger partial charge on any atom is 0.0331 e. The zero-order chi connectivity index (χ0) is 7.73. The van der Waals surface area contributed by atoms with Gasteiger partial charge in [-0.2, -0.15) is 0 Å². The van der Waals surface area contributed by atoms with E-state index < -0.39 is 0 Å². The molecular weight excluding hydrogens is 136 g/mol. The predicted molar refractivity (Wildman–Crippen MR) is 46.7 cm³/mol. The van der Waals surface area contributed by atoms with Gasteiger partial charge in [-0.25, -0.2) is 0 Å². The third-order valence-corrected chi connectivity index (χ3v) is 3.42. The first-order valence-electron chi connectivity index (χ1n) is 4.75. The highest BCUT2D eigenvalue weighted by atomic mass is 15.2. The fourth-order valence-corrected chi connectivity index (χ4v) is 2.53. The average molecular weight is 154 g/mol. The van der Waals surface area contributed by atoms with E-state index in [9.17, 15) is 0 Å². The van der Waals surface area contributed by atoms with Crippen LogP contribution in [0, 0.1) is 0 Å². The summed E-state index contributed by atoms with van der Waals surface area (Å²) in [6, 6.07) is 0. The van der Waals surface area contributed by atoms with Gasteiger partial charge in [-0.05, 0) is 19.9 Å². The first-order valence-corrected chi connectivity index (χ1v) is 4.75. The van der Waals surface area contributed by atoms with Crippen molar-refractivity contribution in [1.29, 1.82) is 0 Å². The zero-order valence-corrected chi connectivity index (χ0v) is 7.40. The Bertz CT molecular complexity index is 138. The van der Waals surface area contributed by atoms with Crippen LogP contribution < -0.4 is 5.32 Å². The molecule has 2 nitrogen and oxygen atoms in total. The van der Waals surface area contributed by atoms with E-state index in [0.29, 0.717) is 5.54 Å². The van der Waals surface area contributed by atoms with Crippen LogP contribution in [-0.2, 0) is 0 Å². The molecule has 1 aliphatic carbocycles. The van der Waals surface area contributed by atoms with Crippen LogP contribution in [0.5, 0.6) is 0 Å². The van der Waals surface area contributed by atoms with Gasteiger partial charge in [0.1, 0.15) is 0 Å². The molecule has 11 heavy (non-hydrogen) atoms. The number of likely N-dealkylation sites (N-methyl/N-ethyl adjacent to an activating group) is 1. The van der Waals surface area contributed by atoms with E-state index in [-0.39, 0.29) is 0 Å². The topological polar surface area (TPSA) is 15.3 Å². The molecule has 2 rings (SSSR count). The molecule has 0 aromatic rings. The third-order valence-electron chi connectivity index (χ3n) is 3.42. The summed E-state index contributed by atoms with van der Waals surface area (Å²) in [6.45, 7) is 3.64. The highest BCUT2D eigenvalue weighted by Gasteiger charge is 2.38. The van der Waals surface area contributed by atoms with Crippen LogP contribution in [0.4, 0.5) is 0 Å². The highest BCUT2D eigenvalue weighted by molar-refractivity contribution is 4.97. The van der Waals surface area contributed by atoms with E-state index in [0.717, 1.165) is 0 Å². The first-order chi connectivity index (χ1) is 5.33. The van der Waals surface area contributed by atoms with E-state index in [2.05, 4.69) is 17.3 Å². The summed E-state index contributed by atoms with van der Waals surface area (Å²) in [5.74, 6) is 0. The molecule has 1 N–H and O–H groups in total. The van der Waals surface area contributed by atoms with Crippen molar-refractivity contribution >= 4 is 0 Å². The summed E-state index contributed by atoms with van der Waals surface area (Å²) in [6.07, 6.45) is 5.70. The third kappa shape index (κ3) is 1.18. The van der Waals surface area contributed by atoms with E-state index in [1.54, 1.807) is 0 Å². The fourth-order valence-electron chi connectivity index (χ4n) is 2.53. The normalized spacial score (nSPS) is 31.4. The Hall–Kier alpha value is -0.0800. The molecule has 0 aromatic carbocycles. The van der Waals surface area contributed by atoms with Crippen molar-refractivity contribution in [3.8, 4) is 0 Å². The lowest BCUT2D eigenvalue weighted by Gasteiger charge is -2.43. The minimum atomic E-state index is 0.554. The van der Waals surface area contributed by atoms with E-state index in [1.165, 1.54) is 45.3 Å². The largest absolute Gasteiger partial charge is 0.314 e. The second-order valence-corrected chi connectivity index (χ2v) is 4.03. The van der Waals surface area contributed by atoms with Crippen LogP contribution in [0.2, 0.25) is 0 Å². The minimum Gasteiger partial charge on any atom is -0.314 e. The number of hydrogen-bond acceptors (Lipinski definition) is 2. The number of piperazine rings is 1. The Kier molecular flexibility index (Phi) is 1.90. The predicted octanol–water partition coefficient (Wildman–Crippen LogP) is 0.834. The van der Waals surface area contributed by atoms with Crippen LogP contribution in [0.15, 0.2) is 0 Å². The van der Waals surface area contributed by atoms with Gasteiger partial charge in [-0.3, -0.25) is 4.90 Å². The summed E-state index contributed by atoms with van der Waals surface area (Å²) in [4.78, 5) is 2.57. The summed E-state index contributed by atoms with van der Waals surface area (Å²) < 4.78 is 0. The lowest BCUT2D eigenvalue weighted by Crippen LogP contribution is -2.58. The molecule has 1 heterocycles. The molecule has 0 aromatic heterocycles. The van der Waals surface area contributed by atoms with Crippen molar-refractivity contribution in [3.05, 3.63) is 0 Å². The van der Waals surface area contributed by atoms with Gasteiger partial charge < -0.3 is 5.32 Å². The molecule has 0 radical (unpaired) electrons. The molecule has 0 amide bonds. The van der Waals surface area contributed by atoms with Gasteiger partial charge in [-0.15, -0.1) is 0 Å². The summed E-state index contributed by atoms with van der Waals surface area (Å²) in [7, 11) is 2.28. The Morgan fingerprint density at radius 1 is 1.27 bits per heavy atom. The Morgan fingerprint density at radius 2 is 2.00 bits per heavy atom. The second kappa shape index (κ2) is 2.76. The maximum absolute atomic E-state index is 3.51. The molecular formula is C9H18N2. The van der Waals surface area contributed by atoms with Gasteiger partial charge in [0.2, 0.25) is 0 Å². The molecule has 1 saturated heterocycles. The molecule has 64 valence electrons. The molecule has 1 saturated carbocycles. The van der Waals surface area contributed by atoms with E-state index >= 15 is 0 Å². The maximum atomic E-state index is 3.51. The second-order valence-electron chi connectivity index (χ2n) is 4.03. The summed E-state index contributed by atoms with van der Waals surface area (Å²) in [5, 5.41) is 3.51. The van der Waals surface area contributed by atoms with Gasteiger partial charge >= 0.3 is 0 Å². The van der Waals surface area contributed by atoms with Gasteiger partial charge in [0.15, 0.2) is 0 Å². The fraction of sp³-hybridized carbons (Fsp3) is 1.00. The molecule has 0 unspecified atom stereocenters. The van der Waals surface area contributed by atoms with Crippen LogP contribution in [0.25, 0.3) is 0 Å². The summed E-state index contributed by atoms with van der Waals surface area (Å²) in [5.41, 5.74) is 0.554. The van der Waals surface area contributed by atoms with Crippen molar-refractivity contribution in [2.24, 2.45) is 0 Å². The van der Waals surface area contributed by atoms with E-state index in [4.69, 9.17) is 0 Å². The average Bonchev–Trinajstić information content (AvgIpc) is 2.46. The molecule has 1 aliphatic heterocycles. The van der Waals surface area contributed by atoms with Crippen molar-refractivity contribution in [2.75, 3.05) is 26.7 Å². The van der Waals surface area contributed by atoms with Crippen molar-refractivity contribution in [3.63, 3.8) is 0 Å². The molecule has 0 atom stereocenters. The molecule has 2 aliphatic rings. The lowest BCUT2D eigenvalue weighted by atomic mass is 9.94. The zero-order valence-electron chi connectivity index (χ0n) is 7.40. The summed E-state index contributed by atoms with van der Waals surface area (Å²) >= 11 is 0. The van der Waals surface area contributed by atoms with Gasteiger partial charge in [-0.1, -0.05) is 12.8 Å². The number of nitrogens with one attached hydrogen (secondary N) is 1. The number of hydrogen-bond donors (Lipinski definition) is 1. The van der Waals surface area contributed by atoms with Crippen LogP contribution in [-0.4, -0.2) is 37.1 Å². The Balaban J connectivity index is 2.07. The van der Waals surface area contributed by atoms with Crippen molar-refractivity contribution in [1.82, 2.24) is 10.2 Å². The van der Waals surface area contributed by atoms with Crippen LogP contribution in [0.3, 0.4) is 0 Å². The van der Waals surface area contributed by atoms with Gasteiger partial charge in [0.25, 0.3) is 0 Å². The quantitative estimate of drug-likeness (QED) is 0.556. The Labute approximate surface area is 69.0 Å². The SMILES string of the molecule is CN1CCNCC12CCCC2. The molecule has 0 bridgehead atoms. The van der Waals surface area contributed by atoms with Crippen molar-refractivity contribution in [2.45, 2.75) is 31.2 Å². The highest BCUT2D eigenvalue weighted by Crippen LogP contribution is 2.34. The first kappa shape index (κ1) is 7.56. The van der Waals surface area contributed by atoms with Crippen LogP contribution >= 0.6 is 0 Å². The monoisotopic (exact) mass is 154 g/mol. The minimum absolute atomic E-state index is 0.554. The van der Waals surface area contributed by atoms with Crippen molar-refractivity contribution < 1.29 is 0 Å². The van der Waals surface area contributed by atoms with Gasteiger partial charge in [0, 0.05) is 25.2 Å². The van der Waals surface area contributed by atoms with Crippen LogP contribution in [0.1, 0.15) is 25.7 Å². The lowest BCUT2D eigenvalue weighted by molar-refractivity contribution is 0.0938. The number of rotatable bonds is 0. The Morgan fingerprint density at radius 3 is 2.64 bits per heavy atom. The smallest absolute Gasteiger partial charge is 0.0331 e. The van der Waals surface area contributed by atoms with E-state index in [1.807, 2.05) is 0 Å². The molecule has 2 fully saturated rings. The molecule has 2 heteroatoms. The number of nitrogens with zero attached hydrogens (tertiary/aromatic N) is 1. The van der Waals surface area contributed by atoms with Gasteiger partial charge in [0.05, 0.1) is 0 Å². The molecule has 1 spiro atoms. The standard InChI is InChI=1S/C9H18N2/c1-11-7-6-10-8-9(11)4-2-3-5-9/h10H,2-8H2,1H3.